The highest BCUT2D eigenvalue weighted by atomic mass is 35.5. The fourth-order valence-corrected chi connectivity index (χ4v) is 3.06. The molecule has 1 aromatic carbocycles. The monoisotopic (exact) mass is 418 g/mol. The number of hydrogen-bond donors (Lipinski definition) is 3. The normalized spacial score (nSPS) is 11.6. The maximum atomic E-state index is 12.2. The van der Waals surface area contributed by atoms with Gasteiger partial charge in [0.15, 0.2) is 5.65 Å². The highest BCUT2D eigenvalue weighted by Gasteiger charge is 2.32. The van der Waals surface area contributed by atoms with E-state index in [1.54, 1.807) is 0 Å². The number of nitrogen functional groups attached to an aromatic ring is 1. The van der Waals surface area contributed by atoms with Crippen LogP contribution in [0.3, 0.4) is 0 Å². The van der Waals surface area contributed by atoms with Gasteiger partial charge in [-0.05, 0) is 18.2 Å². The van der Waals surface area contributed by atoms with Gasteiger partial charge in [-0.15, -0.1) is 13.2 Å². The van der Waals surface area contributed by atoms with Crippen molar-refractivity contribution in [1.29, 1.82) is 0 Å². The Balaban J connectivity index is 1.64. The summed E-state index contributed by atoms with van der Waals surface area (Å²) in [5, 5.41) is 2.67. The number of rotatable bonds is 5. The van der Waals surface area contributed by atoms with E-state index < -0.39 is 18.0 Å². The summed E-state index contributed by atoms with van der Waals surface area (Å²) in [7, 11) is 0. The number of nitrogens with one attached hydrogen (secondary N) is 2. The zero-order valence-electron chi connectivity index (χ0n) is 13.2. The van der Waals surface area contributed by atoms with E-state index in [1.807, 2.05) is 0 Å². The van der Waals surface area contributed by atoms with Crippen LogP contribution in [0.2, 0.25) is 5.02 Å². The first-order chi connectivity index (χ1) is 12.7. The van der Waals surface area contributed by atoms with Crippen molar-refractivity contribution in [3.8, 4) is 5.75 Å². The van der Waals surface area contributed by atoms with Gasteiger partial charge in [0, 0.05) is 5.69 Å². The molecule has 1 amide bonds. The number of ether oxygens (including phenoxy) is 1. The highest BCUT2D eigenvalue weighted by Crippen LogP contribution is 2.32. The maximum Gasteiger partial charge on any atom is 0.573 e. The number of amides is 1. The molecule has 0 spiro atoms. The molecular weight excluding hydrogens is 409 g/mol. The molecule has 0 aliphatic carbocycles. The van der Waals surface area contributed by atoms with Crippen molar-refractivity contribution < 1.29 is 22.7 Å². The third-order valence-corrected chi connectivity index (χ3v) is 4.32. The summed E-state index contributed by atoms with van der Waals surface area (Å²) in [6, 6.07) is 3.41. The summed E-state index contributed by atoms with van der Waals surface area (Å²) in [6.07, 6.45) is -3.43. The number of aromatic amines is 1. The lowest BCUT2D eigenvalue weighted by atomic mass is 10.3. The summed E-state index contributed by atoms with van der Waals surface area (Å²) >= 11 is 6.83. The minimum absolute atomic E-state index is 0.0181. The van der Waals surface area contributed by atoms with Crippen LogP contribution in [0.25, 0.3) is 11.2 Å². The highest BCUT2D eigenvalue weighted by molar-refractivity contribution is 8.00. The van der Waals surface area contributed by atoms with Crippen LogP contribution >= 0.6 is 23.4 Å². The second-order valence-corrected chi connectivity index (χ2v) is 6.39. The van der Waals surface area contributed by atoms with Crippen LogP contribution in [-0.2, 0) is 4.79 Å². The Labute approximate surface area is 158 Å². The van der Waals surface area contributed by atoms with Crippen LogP contribution in [0.4, 0.5) is 24.8 Å². The van der Waals surface area contributed by atoms with E-state index >= 15 is 0 Å². The molecule has 0 aliphatic rings. The molecule has 13 heteroatoms. The predicted molar refractivity (Wildman–Crippen MR) is 93.6 cm³/mol. The SMILES string of the molecule is Nc1nc(SCC(=O)Nc2ccc(OC(F)(F)F)c(Cl)c2)c2[nH]cnc2n1. The van der Waals surface area contributed by atoms with E-state index in [1.165, 1.54) is 12.4 Å². The molecule has 0 bridgehead atoms. The Kier molecular flexibility index (Phi) is 5.28. The molecule has 0 radical (unpaired) electrons. The fraction of sp³-hybridized carbons (Fsp3) is 0.143. The molecule has 2 aromatic heterocycles. The topological polar surface area (TPSA) is 119 Å². The number of carbonyl (C=O) groups is 1. The smallest absolute Gasteiger partial charge is 0.404 e. The number of carbonyl (C=O) groups excluding carboxylic acids is 1. The lowest BCUT2D eigenvalue weighted by Gasteiger charge is -2.12. The van der Waals surface area contributed by atoms with Crippen LogP contribution in [0.15, 0.2) is 29.6 Å². The van der Waals surface area contributed by atoms with Gasteiger partial charge in [0.2, 0.25) is 11.9 Å². The van der Waals surface area contributed by atoms with Crippen LogP contribution in [0.1, 0.15) is 0 Å². The zero-order chi connectivity index (χ0) is 19.6. The van der Waals surface area contributed by atoms with Crippen LogP contribution in [0, 0.1) is 0 Å². The summed E-state index contributed by atoms with van der Waals surface area (Å²) in [5.74, 6) is -1.01. The maximum absolute atomic E-state index is 12.2. The number of aromatic nitrogens is 4. The Morgan fingerprint density at radius 3 is 2.85 bits per heavy atom. The minimum Gasteiger partial charge on any atom is -0.404 e. The van der Waals surface area contributed by atoms with E-state index in [2.05, 4.69) is 30.0 Å². The van der Waals surface area contributed by atoms with Crippen LogP contribution < -0.4 is 15.8 Å². The number of hydrogen-bond acceptors (Lipinski definition) is 7. The van der Waals surface area contributed by atoms with E-state index in [4.69, 9.17) is 17.3 Å². The largest absolute Gasteiger partial charge is 0.573 e. The predicted octanol–water partition coefficient (Wildman–Crippen LogP) is 3.22. The van der Waals surface area contributed by atoms with Gasteiger partial charge in [-0.2, -0.15) is 4.98 Å². The number of nitrogens with two attached hydrogens (primary N) is 1. The fourth-order valence-electron chi connectivity index (χ4n) is 2.04. The first kappa shape index (κ1) is 19.0. The van der Waals surface area contributed by atoms with E-state index in [0.717, 1.165) is 23.9 Å². The number of imidazole rings is 1. The minimum atomic E-state index is -4.86. The molecule has 0 unspecified atom stereocenters. The van der Waals surface area contributed by atoms with Gasteiger partial charge in [-0.1, -0.05) is 23.4 Å². The molecule has 0 fully saturated rings. The number of alkyl halides is 3. The summed E-state index contributed by atoms with van der Waals surface area (Å²) < 4.78 is 40.4. The molecule has 27 heavy (non-hydrogen) atoms. The lowest BCUT2D eigenvalue weighted by molar-refractivity contribution is -0.274. The van der Waals surface area contributed by atoms with Crippen molar-refractivity contribution in [2.24, 2.45) is 0 Å². The Hall–Kier alpha value is -2.73. The van der Waals surface area contributed by atoms with Crippen molar-refractivity contribution >= 4 is 52.1 Å². The van der Waals surface area contributed by atoms with Crippen LogP contribution in [-0.4, -0.2) is 38.0 Å². The number of nitrogens with zero attached hydrogens (tertiary/aromatic N) is 3. The quantitative estimate of drug-likeness (QED) is 0.430. The molecule has 0 atom stereocenters. The molecule has 4 N–H and O–H groups in total. The number of H-pyrrole nitrogens is 1. The Morgan fingerprint density at radius 1 is 1.37 bits per heavy atom. The number of fused-ring (bicyclic) bond motifs is 1. The van der Waals surface area contributed by atoms with Gasteiger partial charge in [0.25, 0.3) is 0 Å². The Morgan fingerprint density at radius 2 is 2.15 bits per heavy atom. The van der Waals surface area contributed by atoms with Gasteiger partial charge in [0.05, 0.1) is 17.1 Å². The van der Waals surface area contributed by atoms with Gasteiger partial charge >= 0.3 is 6.36 Å². The second-order valence-electron chi connectivity index (χ2n) is 5.02. The molecule has 3 aromatic rings. The van der Waals surface area contributed by atoms with E-state index in [9.17, 15) is 18.0 Å². The lowest BCUT2D eigenvalue weighted by Crippen LogP contribution is -2.18. The number of benzene rings is 1. The van der Waals surface area contributed by atoms with Crippen molar-refractivity contribution in [2.45, 2.75) is 11.4 Å². The summed E-state index contributed by atoms with van der Waals surface area (Å²) in [6.45, 7) is 0. The van der Waals surface area contributed by atoms with E-state index in [0.29, 0.717) is 16.2 Å². The second kappa shape index (κ2) is 7.48. The van der Waals surface area contributed by atoms with Crippen molar-refractivity contribution in [3.05, 3.63) is 29.5 Å². The molecule has 8 nitrogen and oxygen atoms in total. The standard InChI is InChI=1S/C14H10ClF3N6O2S/c15-7-3-6(1-2-8(7)26-14(16,17)18)22-9(25)4-27-12-10-11(21-5-20-10)23-13(19)24-12/h1-3,5H,4H2,(H,22,25)(H3,19,20,21,23,24). The van der Waals surface area contributed by atoms with Gasteiger partial charge in [-0.3, -0.25) is 4.79 Å². The zero-order valence-corrected chi connectivity index (χ0v) is 14.7. The number of anilines is 2. The number of thioether (sulfide) groups is 1. The molecular formula is C14H10ClF3N6O2S. The molecule has 0 saturated heterocycles. The number of halogens is 4. The molecule has 2 heterocycles. The first-order valence-corrected chi connectivity index (χ1v) is 8.52. The Bertz CT molecular complexity index is 997. The molecule has 142 valence electrons. The first-order valence-electron chi connectivity index (χ1n) is 7.16. The van der Waals surface area contributed by atoms with Gasteiger partial charge in [-0.25, -0.2) is 9.97 Å². The average molecular weight is 419 g/mol. The summed E-state index contributed by atoms with van der Waals surface area (Å²) in [5.41, 5.74) is 6.72. The third kappa shape index (κ3) is 4.92. The average Bonchev–Trinajstić information content (AvgIpc) is 3.02. The third-order valence-electron chi connectivity index (χ3n) is 3.05. The van der Waals surface area contributed by atoms with Crippen LogP contribution in [0.5, 0.6) is 5.75 Å². The van der Waals surface area contributed by atoms with Crippen molar-refractivity contribution in [3.63, 3.8) is 0 Å². The van der Waals surface area contributed by atoms with Crippen molar-refractivity contribution in [1.82, 2.24) is 19.9 Å². The van der Waals surface area contributed by atoms with Gasteiger partial charge in [0.1, 0.15) is 16.3 Å². The van der Waals surface area contributed by atoms with Crippen molar-refractivity contribution in [2.75, 3.05) is 16.8 Å². The summed E-state index contributed by atoms with van der Waals surface area (Å²) in [4.78, 5) is 26.9. The van der Waals surface area contributed by atoms with Gasteiger partial charge < -0.3 is 20.8 Å². The van der Waals surface area contributed by atoms with E-state index in [-0.39, 0.29) is 22.4 Å². The molecule has 0 aliphatic heterocycles. The molecule has 0 saturated carbocycles. The molecule has 3 rings (SSSR count).